The molecule has 7 nitrogen and oxygen atoms in total. The first kappa shape index (κ1) is 29.8. The molecule has 2 saturated heterocycles. The van der Waals surface area contributed by atoms with Crippen molar-refractivity contribution in [3.8, 4) is 0 Å². The molecule has 2 heterocycles. The van der Waals surface area contributed by atoms with Crippen LogP contribution in [0.5, 0.6) is 0 Å². The Kier molecular flexibility index (Phi) is 9.25. The molecule has 3 aromatic rings. The Hall–Kier alpha value is -2.63. The van der Waals surface area contributed by atoms with E-state index in [2.05, 4.69) is 66.1 Å². The standard InChI is InChI=1S/C30H34ClFN4O3S2/c1-22-3-10-29(23(2)19-22)40-25-6-4-24(5-7-25)34-13-11-33(12-14-34)21-30(37)35-15-17-36(18-16-35)41(38,39)26-8-9-28(32)27(31)20-26/h3-10,19-20H,11-18,21H2,1-2H3. The summed E-state index contributed by atoms with van der Waals surface area (Å²) in [5.41, 5.74) is 3.73. The molecule has 0 spiro atoms. The lowest BCUT2D eigenvalue weighted by molar-refractivity contribution is -0.133. The Balaban J connectivity index is 1.08. The van der Waals surface area contributed by atoms with Crippen LogP contribution in [0.3, 0.4) is 0 Å². The summed E-state index contributed by atoms with van der Waals surface area (Å²) in [5, 5.41) is -0.232. The maximum atomic E-state index is 13.5. The van der Waals surface area contributed by atoms with E-state index in [1.54, 1.807) is 16.7 Å². The van der Waals surface area contributed by atoms with E-state index in [1.807, 2.05) is 0 Å². The highest BCUT2D eigenvalue weighted by atomic mass is 35.5. The quantitative estimate of drug-likeness (QED) is 0.376. The fourth-order valence-electron chi connectivity index (χ4n) is 5.19. The van der Waals surface area contributed by atoms with E-state index in [1.165, 1.54) is 37.0 Å². The number of piperazine rings is 2. The number of aryl methyl sites for hydroxylation is 2. The summed E-state index contributed by atoms with van der Waals surface area (Å²) in [6.45, 7) is 8.82. The smallest absolute Gasteiger partial charge is 0.243 e. The van der Waals surface area contributed by atoms with Crippen molar-refractivity contribution < 1.29 is 17.6 Å². The van der Waals surface area contributed by atoms with E-state index in [0.717, 1.165) is 38.3 Å². The highest BCUT2D eigenvalue weighted by molar-refractivity contribution is 7.99. The summed E-state index contributed by atoms with van der Waals surface area (Å²) in [5.74, 6) is -0.657. The number of nitrogens with zero attached hydrogens (tertiary/aromatic N) is 4. The number of sulfonamides is 1. The molecule has 3 aromatic carbocycles. The van der Waals surface area contributed by atoms with Crippen molar-refractivity contribution in [2.24, 2.45) is 0 Å². The van der Waals surface area contributed by atoms with Gasteiger partial charge in [-0.25, -0.2) is 12.8 Å². The monoisotopic (exact) mass is 616 g/mol. The number of benzene rings is 3. The van der Waals surface area contributed by atoms with Gasteiger partial charge in [-0.3, -0.25) is 9.69 Å². The number of amides is 1. The molecular formula is C30H34ClFN4O3S2. The van der Waals surface area contributed by atoms with E-state index >= 15 is 0 Å². The molecule has 0 atom stereocenters. The van der Waals surface area contributed by atoms with Gasteiger partial charge in [0, 0.05) is 67.8 Å². The van der Waals surface area contributed by atoms with E-state index < -0.39 is 15.8 Å². The molecule has 0 aromatic heterocycles. The third-order valence-corrected chi connectivity index (χ3v) is 11.0. The molecular weight excluding hydrogens is 583 g/mol. The predicted octanol–water partition coefficient (Wildman–Crippen LogP) is 4.90. The average Bonchev–Trinajstić information content (AvgIpc) is 2.97. The molecule has 11 heteroatoms. The second-order valence-electron chi connectivity index (χ2n) is 10.5. The summed E-state index contributed by atoms with van der Waals surface area (Å²) in [6.07, 6.45) is 0. The normalized spacial score (nSPS) is 17.2. The summed E-state index contributed by atoms with van der Waals surface area (Å²) in [4.78, 5) is 21.7. The zero-order chi connectivity index (χ0) is 29.1. The van der Waals surface area contributed by atoms with Gasteiger partial charge in [-0.15, -0.1) is 0 Å². The van der Waals surface area contributed by atoms with Gasteiger partial charge in [-0.2, -0.15) is 4.31 Å². The molecule has 0 bridgehead atoms. The highest BCUT2D eigenvalue weighted by Gasteiger charge is 2.31. The molecule has 0 saturated carbocycles. The molecule has 0 N–H and O–H groups in total. The second-order valence-corrected chi connectivity index (χ2v) is 13.9. The van der Waals surface area contributed by atoms with Gasteiger partial charge in [-0.05, 0) is 67.9 Å². The van der Waals surface area contributed by atoms with Crippen LogP contribution in [0.15, 0.2) is 75.4 Å². The van der Waals surface area contributed by atoms with E-state index in [4.69, 9.17) is 11.6 Å². The van der Waals surface area contributed by atoms with Crippen molar-refractivity contribution in [3.63, 3.8) is 0 Å². The lowest BCUT2D eigenvalue weighted by Crippen LogP contribution is -2.54. The summed E-state index contributed by atoms with van der Waals surface area (Å²) >= 11 is 7.56. The van der Waals surface area contributed by atoms with Crippen LogP contribution in [-0.4, -0.2) is 87.3 Å². The highest BCUT2D eigenvalue weighted by Crippen LogP contribution is 2.32. The maximum Gasteiger partial charge on any atom is 0.243 e. The molecule has 1 amide bonds. The van der Waals surface area contributed by atoms with Crippen molar-refractivity contribution in [2.75, 3.05) is 63.8 Å². The van der Waals surface area contributed by atoms with E-state index in [0.29, 0.717) is 19.6 Å². The lowest BCUT2D eigenvalue weighted by atomic mass is 10.2. The first-order valence-corrected chi connectivity index (χ1v) is 16.3. The average molecular weight is 617 g/mol. The number of carbonyl (C=O) groups is 1. The van der Waals surface area contributed by atoms with Crippen LogP contribution >= 0.6 is 23.4 Å². The Morgan fingerprint density at radius 2 is 1.56 bits per heavy atom. The molecule has 0 radical (unpaired) electrons. The minimum absolute atomic E-state index is 0.00750. The van der Waals surface area contributed by atoms with Gasteiger partial charge in [0.05, 0.1) is 16.5 Å². The largest absolute Gasteiger partial charge is 0.369 e. The van der Waals surface area contributed by atoms with E-state index in [9.17, 15) is 17.6 Å². The van der Waals surface area contributed by atoms with Crippen molar-refractivity contribution in [1.29, 1.82) is 0 Å². The molecule has 41 heavy (non-hydrogen) atoms. The van der Waals surface area contributed by atoms with Crippen LogP contribution in [0, 0.1) is 19.7 Å². The van der Waals surface area contributed by atoms with Crippen LogP contribution < -0.4 is 4.90 Å². The summed E-state index contributed by atoms with van der Waals surface area (Å²) in [6, 6.07) is 18.6. The lowest BCUT2D eigenvalue weighted by Gasteiger charge is -2.38. The Morgan fingerprint density at radius 3 is 2.20 bits per heavy atom. The van der Waals surface area contributed by atoms with Gasteiger partial charge in [0.2, 0.25) is 15.9 Å². The van der Waals surface area contributed by atoms with Crippen LogP contribution in [0.1, 0.15) is 11.1 Å². The second kappa shape index (κ2) is 12.7. The number of halogens is 2. The molecule has 2 aliphatic heterocycles. The fraction of sp³-hybridized carbons (Fsp3) is 0.367. The molecule has 2 fully saturated rings. The van der Waals surface area contributed by atoms with Gasteiger partial charge in [0.15, 0.2) is 0 Å². The SMILES string of the molecule is Cc1ccc(Sc2ccc(N3CCN(CC(=O)N4CCN(S(=O)(=O)c5ccc(F)c(Cl)c5)CC4)CC3)cc2)c(C)c1. The molecule has 5 rings (SSSR count). The van der Waals surface area contributed by atoms with Crippen LogP contribution in [-0.2, 0) is 14.8 Å². The van der Waals surface area contributed by atoms with Crippen LogP contribution in [0.25, 0.3) is 0 Å². The van der Waals surface area contributed by atoms with E-state index in [-0.39, 0.29) is 28.9 Å². The van der Waals surface area contributed by atoms with Crippen LogP contribution in [0.2, 0.25) is 5.02 Å². The van der Waals surface area contributed by atoms with Gasteiger partial charge in [0.1, 0.15) is 5.82 Å². The topological polar surface area (TPSA) is 64.2 Å². The number of carbonyl (C=O) groups excluding carboxylic acids is 1. The maximum absolute atomic E-state index is 13.5. The Morgan fingerprint density at radius 1 is 0.878 bits per heavy atom. The zero-order valence-corrected chi connectivity index (χ0v) is 25.6. The minimum Gasteiger partial charge on any atom is -0.369 e. The summed E-state index contributed by atoms with van der Waals surface area (Å²) in [7, 11) is -3.81. The Labute approximate surface area is 250 Å². The van der Waals surface area contributed by atoms with Crippen molar-refractivity contribution in [3.05, 3.63) is 82.6 Å². The number of anilines is 1. The molecule has 0 unspecified atom stereocenters. The molecule has 2 aliphatic rings. The summed E-state index contributed by atoms with van der Waals surface area (Å²) < 4.78 is 40.7. The molecule has 218 valence electrons. The van der Waals surface area contributed by atoms with Gasteiger partial charge >= 0.3 is 0 Å². The number of hydrogen-bond donors (Lipinski definition) is 0. The third kappa shape index (κ3) is 7.06. The predicted molar refractivity (Wildman–Crippen MR) is 162 cm³/mol. The zero-order valence-electron chi connectivity index (χ0n) is 23.2. The van der Waals surface area contributed by atoms with Gasteiger partial charge in [-0.1, -0.05) is 41.1 Å². The van der Waals surface area contributed by atoms with Gasteiger partial charge in [0.25, 0.3) is 0 Å². The van der Waals surface area contributed by atoms with Gasteiger partial charge < -0.3 is 9.80 Å². The fourth-order valence-corrected chi connectivity index (χ4v) is 7.76. The van der Waals surface area contributed by atoms with Crippen molar-refractivity contribution in [2.45, 2.75) is 28.5 Å². The Bertz CT molecular complexity index is 1500. The number of hydrogen-bond acceptors (Lipinski definition) is 6. The number of rotatable bonds is 7. The molecule has 0 aliphatic carbocycles. The van der Waals surface area contributed by atoms with Crippen LogP contribution in [0.4, 0.5) is 10.1 Å². The van der Waals surface area contributed by atoms with Crippen molar-refractivity contribution in [1.82, 2.24) is 14.1 Å². The van der Waals surface area contributed by atoms with Crippen molar-refractivity contribution >= 4 is 45.0 Å². The first-order chi connectivity index (χ1) is 19.6. The minimum atomic E-state index is -3.81. The third-order valence-electron chi connectivity index (χ3n) is 7.61. The first-order valence-electron chi connectivity index (χ1n) is 13.7.